The van der Waals surface area contributed by atoms with Gasteiger partial charge in [-0.3, -0.25) is 4.79 Å². The largest absolute Gasteiger partial charge is 0.379 e. The number of hydrogen-bond acceptors (Lipinski definition) is 4. The molecule has 2 aromatic carbocycles. The first-order valence-corrected chi connectivity index (χ1v) is 8.13. The van der Waals surface area contributed by atoms with Crippen LogP contribution in [0.5, 0.6) is 0 Å². The van der Waals surface area contributed by atoms with Crippen LogP contribution < -0.4 is 5.32 Å². The van der Waals surface area contributed by atoms with Crippen molar-refractivity contribution in [2.24, 2.45) is 0 Å². The minimum atomic E-state index is -1.50. The number of thioether (sulfide) groups is 1. The van der Waals surface area contributed by atoms with Crippen LogP contribution in [-0.4, -0.2) is 22.4 Å². The van der Waals surface area contributed by atoms with Gasteiger partial charge >= 0.3 is 0 Å². The number of nitriles is 1. The number of anilines is 1. The molecule has 5 heteroatoms. The number of nitrogens with zero attached hydrogens (tertiary/aromatic N) is 1. The van der Waals surface area contributed by atoms with Crippen LogP contribution in [0.1, 0.15) is 18.1 Å². The van der Waals surface area contributed by atoms with Crippen molar-refractivity contribution in [3.63, 3.8) is 0 Å². The zero-order valence-corrected chi connectivity index (χ0v) is 13.9. The summed E-state index contributed by atoms with van der Waals surface area (Å²) in [5, 5.41) is 21.8. The van der Waals surface area contributed by atoms with Gasteiger partial charge in [0.25, 0.3) is 5.91 Å². The maximum absolute atomic E-state index is 12.2. The summed E-state index contributed by atoms with van der Waals surface area (Å²) in [6, 6.07) is 16.4. The van der Waals surface area contributed by atoms with E-state index in [4.69, 9.17) is 5.26 Å². The maximum Gasteiger partial charge on any atom is 0.256 e. The topological polar surface area (TPSA) is 73.1 Å². The third kappa shape index (κ3) is 4.85. The summed E-state index contributed by atoms with van der Waals surface area (Å²) in [5.41, 5.74) is 0.739. The monoisotopic (exact) mass is 326 g/mol. The number of aryl methyl sites for hydroxylation is 1. The molecule has 0 unspecified atom stereocenters. The Hall–Kier alpha value is -2.29. The summed E-state index contributed by atoms with van der Waals surface area (Å²) < 4.78 is 0. The van der Waals surface area contributed by atoms with Crippen LogP contribution in [0, 0.1) is 18.3 Å². The molecule has 4 nitrogen and oxygen atoms in total. The predicted octanol–water partition coefficient (Wildman–Crippen LogP) is 3.35. The number of carbonyl (C=O) groups excluding carboxylic acids is 1. The van der Waals surface area contributed by atoms with Crippen molar-refractivity contribution in [2.45, 2.75) is 24.3 Å². The van der Waals surface area contributed by atoms with Crippen molar-refractivity contribution < 1.29 is 9.90 Å². The second-order valence-corrected chi connectivity index (χ2v) is 6.57. The Balaban J connectivity index is 1.96. The normalized spacial score (nSPS) is 13.0. The summed E-state index contributed by atoms with van der Waals surface area (Å²) in [6.45, 7) is 3.50. The minimum absolute atomic E-state index is 0.248. The second-order valence-electron chi connectivity index (χ2n) is 5.52. The summed E-state index contributed by atoms with van der Waals surface area (Å²) in [7, 11) is 0. The molecule has 0 aliphatic rings. The molecule has 0 fully saturated rings. The Kier molecular flexibility index (Phi) is 5.43. The highest BCUT2D eigenvalue weighted by Gasteiger charge is 2.30. The molecule has 1 atom stereocenters. The third-order valence-electron chi connectivity index (χ3n) is 3.30. The van der Waals surface area contributed by atoms with Gasteiger partial charge in [-0.1, -0.05) is 17.7 Å². The van der Waals surface area contributed by atoms with Crippen LogP contribution in [0.3, 0.4) is 0 Å². The van der Waals surface area contributed by atoms with E-state index in [0.29, 0.717) is 11.3 Å². The lowest BCUT2D eigenvalue weighted by atomic mass is 10.1. The molecule has 118 valence electrons. The number of aliphatic hydroxyl groups is 1. The van der Waals surface area contributed by atoms with Crippen molar-refractivity contribution in [3.8, 4) is 6.07 Å². The first kappa shape index (κ1) is 17.1. The van der Waals surface area contributed by atoms with E-state index in [1.807, 2.05) is 37.3 Å². The first-order valence-electron chi connectivity index (χ1n) is 7.14. The maximum atomic E-state index is 12.2. The van der Waals surface area contributed by atoms with Crippen molar-refractivity contribution in [2.75, 3.05) is 11.1 Å². The second kappa shape index (κ2) is 7.32. The van der Waals surface area contributed by atoms with Crippen molar-refractivity contribution in [3.05, 3.63) is 59.7 Å². The van der Waals surface area contributed by atoms with Gasteiger partial charge in [0.05, 0.1) is 11.6 Å². The van der Waals surface area contributed by atoms with E-state index in [9.17, 15) is 9.90 Å². The van der Waals surface area contributed by atoms with Gasteiger partial charge in [-0.05, 0) is 50.2 Å². The van der Waals surface area contributed by atoms with Crippen molar-refractivity contribution in [1.82, 2.24) is 0 Å². The molecule has 0 aliphatic heterocycles. The van der Waals surface area contributed by atoms with Gasteiger partial charge in [0.1, 0.15) is 5.60 Å². The van der Waals surface area contributed by atoms with Gasteiger partial charge in [0.15, 0.2) is 0 Å². The van der Waals surface area contributed by atoms with E-state index in [1.165, 1.54) is 24.2 Å². The smallest absolute Gasteiger partial charge is 0.256 e. The summed E-state index contributed by atoms with van der Waals surface area (Å²) in [4.78, 5) is 13.2. The lowest BCUT2D eigenvalue weighted by Gasteiger charge is -2.22. The Morgan fingerprint density at radius 2 is 1.83 bits per heavy atom. The molecule has 0 heterocycles. The van der Waals surface area contributed by atoms with Gasteiger partial charge in [0.2, 0.25) is 0 Å². The molecule has 2 N–H and O–H groups in total. The fourth-order valence-electron chi connectivity index (χ4n) is 1.82. The van der Waals surface area contributed by atoms with Gasteiger partial charge in [-0.25, -0.2) is 0 Å². The van der Waals surface area contributed by atoms with E-state index >= 15 is 0 Å². The number of amides is 1. The molecule has 2 rings (SSSR count). The van der Waals surface area contributed by atoms with E-state index in [1.54, 1.807) is 24.3 Å². The number of carbonyl (C=O) groups is 1. The van der Waals surface area contributed by atoms with Crippen LogP contribution in [0.15, 0.2) is 53.4 Å². The van der Waals surface area contributed by atoms with E-state index in [0.717, 1.165) is 4.90 Å². The molecule has 1 amide bonds. The van der Waals surface area contributed by atoms with Crippen LogP contribution in [-0.2, 0) is 4.79 Å². The number of rotatable bonds is 5. The molecule has 0 aliphatic carbocycles. The molecule has 0 spiro atoms. The van der Waals surface area contributed by atoms with Crippen LogP contribution in [0.2, 0.25) is 0 Å². The zero-order chi connectivity index (χ0) is 16.9. The molecular weight excluding hydrogens is 308 g/mol. The van der Waals surface area contributed by atoms with Gasteiger partial charge in [0, 0.05) is 16.3 Å². The lowest BCUT2D eigenvalue weighted by Crippen LogP contribution is -2.42. The molecule has 0 aromatic heterocycles. The Labute approximate surface area is 140 Å². The molecule has 0 bridgehead atoms. The SMILES string of the molecule is Cc1ccc(SC[C@@](C)(O)C(=O)Nc2ccc(C#N)cc2)cc1. The lowest BCUT2D eigenvalue weighted by molar-refractivity contribution is -0.130. The van der Waals surface area contributed by atoms with Crippen LogP contribution in [0.4, 0.5) is 5.69 Å². The fourth-order valence-corrected chi connectivity index (χ4v) is 2.73. The highest BCUT2D eigenvalue weighted by Crippen LogP contribution is 2.24. The van der Waals surface area contributed by atoms with Gasteiger partial charge < -0.3 is 10.4 Å². The number of benzene rings is 2. The molecule has 2 aromatic rings. The molecule has 0 saturated heterocycles. The van der Waals surface area contributed by atoms with Crippen molar-refractivity contribution in [1.29, 1.82) is 5.26 Å². The van der Waals surface area contributed by atoms with Crippen LogP contribution in [0.25, 0.3) is 0 Å². The third-order valence-corrected chi connectivity index (χ3v) is 4.61. The summed E-state index contributed by atoms with van der Waals surface area (Å²) >= 11 is 1.43. The van der Waals surface area contributed by atoms with Gasteiger partial charge in [-0.15, -0.1) is 11.8 Å². The van der Waals surface area contributed by atoms with Crippen molar-refractivity contribution >= 4 is 23.4 Å². The average molecular weight is 326 g/mol. The predicted molar refractivity (Wildman–Crippen MR) is 92.3 cm³/mol. The van der Waals surface area contributed by atoms with E-state index in [2.05, 4.69) is 5.32 Å². The van der Waals surface area contributed by atoms with Crippen LogP contribution >= 0.6 is 11.8 Å². The highest BCUT2D eigenvalue weighted by molar-refractivity contribution is 7.99. The van der Waals surface area contributed by atoms with E-state index in [-0.39, 0.29) is 5.75 Å². The Bertz CT molecular complexity index is 716. The molecule has 23 heavy (non-hydrogen) atoms. The zero-order valence-electron chi connectivity index (χ0n) is 13.0. The fraction of sp³-hybridized carbons (Fsp3) is 0.222. The Morgan fingerprint density at radius 3 is 2.39 bits per heavy atom. The quantitative estimate of drug-likeness (QED) is 0.827. The van der Waals surface area contributed by atoms with E-state index < -0.39 is 11.5 Å². The average Bonchev–Trinajstić information content (AvgIpc) is 2.55. The summed E-state index contributed by atoms with van der Waals surface area (Å²) in [5.74, 6) is -0.222. The molecular formula is C18H18N2O2S. The highest BCUT2D eigenvalue weighted by atomic mass is 32.2. The summed E-state index contributed by atoms with van der Waals surface area (Å²) in [6.07, 6.45) is 0. The Morgan fingerprint density at radius 1 is 1.22 bits per heavy atom. The minimum Gasteiger partial charge on any atom is -0.379 e. The van der Waals surface area contributed by atoms with Gasteiger partial charge in [-0.2, -0.15) is 5.26 Å². The number of nitrogens with one attached hydrogen (secondary N) is 1. The standard InChI is InChI=1S/C18H18N2O2S/c1-13-3-9-16(10-4-13)23-12-18(2,22)17(21)20-15-7-5-14(11-19)6-8-15/h3-10,22H,12H2,1-2H3,(H,20,21)/t18-/m1/s1. The first-order chi connectivity index (χ1) is 10.9. The molecule has 0 radical (unpaired) electrons. The molecule has 0 saturated carbocycles. The number of hydrogen-bond donors (Lipinski definition) is 2.